The Balaban J connectivity index is 1.70. The zero-order valence-corrected chi connectivity index (χ0v) is 34.3. The van der Waals surface area contributed by atoms with Crippen LogP contribution in [0.4, 0.5) is 11.4 Å². The number of likely N-dealkylation sites (N-methyl/N-ethyl adjacent to an activating group) is 1. The lowest BCUT2D eigenvalue weighted by Crippen LogP contribution is -2.37. The standard InChI is InChI=1S/C38H64N5O11P/c1-5-6-7-8-9-10-11-12-13-14-15-16-17-18-20-23-35(44)50-30-32(31-52-55(48,49)51-29-28-43(2,3)4)53-36(45)24-21-19-22-27-39-33-25-26-34(42(46)47)38-37(33)40-54-41-38/h12-13,25-26,32H,5-11,14-24,27-31H2,1-4H3,(H-,39,41,48,49)/p+1/b13-12-. The van der Waals surface area contributed by atoms with Crippen molar-refractivity contribution in [1.82, 2.24) is 10.3 Å². The molecule has 0 amide bonds. The number of fused-ring (bicyclic) bond motifs is 1. The molecule has 2 atom stereocenters. The van der Waals surface area contributed by atoms with Crippen molar-refractivity contribution in [3.63, 3.8) is 0 Å². The molecular formula is C38H65N5O11P+. The van der Waals surface area contributed by atoms with Crippen LogP contribution in [0.15, 0.2) is 28.9 Å². The van der Waals surface area contributed by atoms with E-state index in [0.29, 0.717) is 48.9 Å². The van der Waals surface area contributed by atoms with E-state index >= 15 is 0 Å². The number of esters is 2. The largest absolute Gasteiger partial charge is 0.472 e. The van der Waals surface area contributed by atoms with Crippen LogP contribution in [-0.4, -0.2) is 96.7 Å². The highest BCUT2D eigenvalue weighted by Crippen LogP contribution is 2.43. The number of phosphoric ester groups is 1. The molecule has 16 nitrogen and oxygen atoms in total. The molecular weight excluding hydrogens is 733 g/mol. The minimum Gasteiger partial charge on any atom is -0.462 e. The van der Waals surface area contributed by atoms with Crippen molar-refractivity contribution in [3.05, 3.63) is 34.4 Å². The first-order valence-corrected chi connectivity index (χ1v) is 21.4. The Kier molecular flexibility index (Phi) is 23.6. The van der Waals surface area contributed by atoms with Crippen LogP contribution in [0.1, 0.15) is 122 Å². The fraction of sp³-hybridized carbons (Fsp3) is 0.737. The molecule has 2 N–H and O–H groups in total. The number of allylic oxidation sites excluding steroid dienone is 2. The molecule has 0 spiro atoms. The molecule has 2 unspecified atom stereocenters. The van der Waals surface area contributed by atoms with Gasteiger partial charge >= 0.3 is 25.4 Å². The van der Waals surface area contributed by atoms with Crippen molar-refractivity contribution in [2.75, 3.05) is 59.4 Å². The summed E-state index contributed by atoms with van der Waals surface area (Å²) >= 11 is 0. The summed E-state index contributed by atoms with van der Waals surface area (Å²) in [5, 5.41) is 21.7. The number of nitro benzene ring substituents is 1. The summed E-state index contributed by atoms with van der Waals surface area (Å²) in [5.74, 6) is -1.01. The number of carbonyl (C=O) groups is 2. The molecule has 0 saturated carbocycles. The zero-order valence-electron chi connectivity index (χ0n) is 33.4. The average Bonchev–Trinajstić information content (AvgIpc) is 3.62. The summed E-state index contributed by atoms with van der Waals surface area (Å²) in [5.41, 5.74) is 0.647. The molecule has 0 aliphatic heterocycles. The number of hydrogen-bond donors (Lipinski definition) is 2. The molecule has 0 aliphatic rings. The second-order valence-electron chi connectivity index (χ2n) is 14.8. The van der Waals surface area contributed by atoms with E-state index < -0.39 is 37.4 Å². The minimum atomic E-state index is -4.45. The number of rotatable bonds is 33. The molecule has 1 aromatic carbocycles. The summed E-state index contributed by atoms with van der Waals surface area (Å²) in [6.45, 7) is 2.36. The lowest BCUT2D eigenvalue weighted by molar-refractivity contribution is -0.870. The van der Waals surface area contributed by atoms with Crippen LogP contribution in [0.3, 0.4) is 0 Å². The molecule has 17 heteroatoms. The summed E-state index contributed by atoms with van der Waals surface area (Å²) < 4.78 is 38.7. The normalized spacial score (nSPS) is 13.5. The van der Waals surface area contributed by atoms with Gasteiger partial charge in [-0.25, -0.2) is 9.19 Å². The van der Waals surface area contributed by atoms with Gasteiger partial charge in [-0.2, -0.15) is 0 Å². The fourth-order valence-corrected chi connectivity index (χ4v) is 6.28. The summed E-state index contributed by atoms with van der Waals surface area (Å²) in [6, 6.07) is 2.87. The van der Waals surface area contributed by atoms with Gasteiger partial charge in [0.25, 0.3) is 0 Å². The molecule has 1 aromatic heterocycles. The van der Waals surface area contributed by atoms with Crippen LogP contribution < -0.4 is 5.32 Å². The summed E-state index contributed by atoms with van der Waals surface area (Å²) in [4.78, 5) is 46.0. The number of aromatic nitrogens is 2. The number of hydrogen-bond acceptors (Lipinski definition) is 13. The number of quaternary nitrogens is 1. The van der Waals surface area contributed by atoms with Gasteiger partial charge in [-0.3, -0.25) is 28.8 Å². The van der Waals surface area contributed by atoms with Gasteiger partial charge in [-0.1, -0.05) is 76.9 Å². The van der Waals surface area contributed by atoms with Crippen molar-refractivity contribution < 1.29 is 51.6 Å². The highest BCUT2D eigenvalue weighted by atomic mass is 31.2. The van der Waals surface area contributed by atoms with Gasteiger partial charge in [-0.15, -0.1) is 0 Å². The molecule has 2 aromatic rings. The van der Waals surface area contributed by atoms with Gasteiger partial charge in [0.15, 0.2) is 11.6 Å². The Morgan fingerprint density at radius 1 is 0.873 bits per heavy atom. The molecule has 312 valence electrons. The van der Waals surface area contributed by atoms with Crippen LogP contribution in [0.25, 0.3) is 11.0 Å². The predicted molar refractivity (Wildman–Crippen MR) is 210 cm³/mol. The second kappa shape index (κ2) is 27.2. The van der Waals surface area contributed by atoms with Crippen LogP contribution in [0, 0.1) is 10.1 Å². The number of benzene rings is 1. The van der Waals surface area contributed by atoms with Crippen LogP contribution in [0.2, 0.25) is 0 Å². The van der Waals surface area contributed by atoms with Crippen LogP contribution in [0.5, 0.6) is 0 Å². The third-order valence-corrected chi connectivity index (χ3v) is 9.76. The Morgan fingerprint density at radius 3 is 2.13 bits per heavy atom. The Bertz CT molecular complexity index is 1480. The first kappa shape index (κ1) is 47.7. The molecule has 1 heterocycles. The molecule has 0 saturated heterocycles. The Morgan fingerprint density at radius 2 is 1.47 bits per heavy atom. The lowest BCUT2D eigenvalue weighted by atomic mass is 10.1. The Hall–Kier alpha value is -3.43. The van der Waals surface area contributed by atoms with Gasteiger partial charge < -0.3 is 24.2 Å². The Labute approximate surface area is 326 Å². The van der Waals surface area contributed by atoms with E-state index in [9.17, 15) is 29.2 Å². The summed E-state index contributed by atoms with van der Waals surface area (Å²) in [7, 11) is 1.29. The minimum absolute atomic E-state index is 0.0217. The molecule has 0 fully saturated rings. The number of phosphoric acid groups is 1. The van der Waals surface area contributed by atoms with Crippen molar-refractivity contribution in [2.45, 2.75) is 129 Å². The van der Waals surface area contributed by atoms with Crippen molar-refractivity contribution in [3.8, 4) is 0 Å². The molecule has 2 rings (SSSR count). The third kappa shape index (κ3) is 22.7. The number of unbranched alkanes of at least 4 members (excludes halogenated alkanes) is 13. The van der Waals surface area contributed by atoms with Gasteiger partial charge in [-0.05, 0) is 61.3 Å². The molecule has 0 bridgehead atoms. The molecule has 0 aliphatic carbocycles. The van der Waals surface area contributed by atoms with Gasteiger partial charge in [0.1, 0.15) is 19.8 Å². The van der Waals surface area contributed by atoms with Crippen LogP contribution in [-0.2, 0) is 32.7 Å². The number of ether oxygens (including phenoxy) is 2. The van der Waals surface area contributed by atoms with Gasteiger partial charge in [0.05, 0.1) is 38.4 Å². The second-order valence-corrected chi connectivity index (χ2v) is 16.3. The molecule has 55 heavy (non-hydrogen) atoms. The number of anilines is 1. The topological polar surface area (TPSA) is 202 Å². The number of nitrogens with zero attached hydrogens (tertiary/aromatic N) is 4. The SMILES string of the molecule is CCCCCCCC/C=C\CCCCCCCC(=O)OCC(COP(=O)(O)OCC[N+](C)(C)C)OC(=O)CCCCCNc1ccc([N+](=O)[O-])c2nonc12. The molecule has 0 radical (unpaired) electrons. The van der Waals surface area contributed by atoms with E-state index in [1.165, 1.54) is 50.7 Å². The van der Waals surface area contributed by atoms with E-state index in [2.05, 4.69) is 39.3 Å². The lowest BCUT2D eigenvalue weighted by Gasteiger charge is -2.24. The maximum Gasteiger partial charge on any atom is 0.472 e. The first-order valence-electron chi connectivity index (χ1n) is 19.9. The average molecular weight is 799 g/mol. The van der Waals surface area contributed by atoms with E-state index in [-0.39, 0.29) is 42.8 Å². The first-order chi connectivity index (χ1) is 26.3. The highest BCUT2D eigenvalue weighted by Gasteiger charge is 2.27. The maximum atomic E-state index is 12.7. The summed E-state index contributed by atoms with van der Waals surface area (Å²) in [6.07, 6.45) is 20.5. The number of non-ortho nitro benzene ring substituents is 1. The van der Waals surface area contributed by atoms with Crippen molar-refractivity contribution >= 4 is 42.2 Å². The predicted octanol–water partition coefficient (Wildman–Crippen LogP) is 8.44. The smallest absolute Gasteiger partial charge is 0.462 e. The number of carbonyl (C=O) groups excluding carboxylic acids is 2. The third-order valence-electron chi connectivity index (χ3n) is 8.78. The van der Waals surface area contributed by atoms with Crippen LogP contribution >= 0.6 is 7.82 Å². The van der Waals surface area contributed by atoms with Crippen molar-refractivity contribution in [1.29, 1.82) is 0 Å². The maximum absolute atomic E-state index is 12.7. The van der Waals surface area contributed by atoms with Gasteiger partial charge in [0, 0.05) is 25.5 Å². The van der Waals surface area contributed by atoms with E-state index in [1.807, 2.05) is 21.1 Å². The monoisotopic (exact) mass is 798 g/mol. The van der Waals surface area contributed by atoms with Crippen molar-refractivity contribution in [2.24, 2.45) is 0 Å². The number of nitro groups is 1. The van der Waals surface area contributed by atoms with E-state index in [0.717, 1.165) is 38.5 Å². The zero-order chi connectivity index (χ0) is 40.4. The highest BCUT2D eigenvalue weighted by molar-refractivity contribution is 7.47. The quantitative estimate of drug-likeness (QED) is 0.0132. The fourth-order valence-electron chi connectivity index (χ4n) is 5.54. The van der Waals surface area contributed by atoms with E-state index in [4.69, 9.17) is 18.5 Å². The van der Waals surface area contributed by atoms with E-state index in [1.54, 1.807) is 0 Å². The van der Waals surface area contributed by atoms with Gasteiger partial charge in [0.2, 0.25) is 5.52 Å². The number of nitrogens with one attached hydrogen (secondary N) is 1.